The lowest BCUT2D eigenvalue weighted by molar-refractivity contribution is -0.122. The maximum atomic E-state index is 13.5. The molecule has 0 heterocycles. The highest BCUT2D eigenvalue weighted by Crippen LogP contribution is 2.40. The number of benzene rings is 2. The summed E-state index contributed by atoms with van der Waals surface area (Å²) in [6, 6.07) is 9.87. The van der Waals surface area contributed by atoms with Gasteiger partial charge in [0.1, 0.15) is 17.3 Å². The Labute approximate surface area is 141 Å². The SMILES string of the molecule is O=C(Nc1ccc(Cl)cc1)C1CC1C(=O)Nc1c(F)cccc1F. The minimum absolute atomic E-state index is 0.313. The predicted octanol–water partition coefficient (Wildman–Crippen LogP) is 3.83. The number of nitrogens with one attached hydrogen (secondary N) is 2. The average molecular weight is 351 g/mol. The number of carbonyl (C=O) groups is 2. The predicted molar refractivity (Wildman–Crippen MR) is 86.7 cm³/mol. The van der Waals surface area contributed by atoms with Gasteiger partial charge in [0.25, 0.3) is 0 Å². The Kier molecular flexibility index (Phi) is 4.49. The van der Waals surface area contributed by atoms with E-state index >= 15 is 0 Å². The van der Waals surface area contributed by atoms with E-state index < -0.39 is 35.1 Å². The monoisotopic (exact) mass is 350 g/mol. The van der Waals surface area contributed by atoms with Crippen LogP contribution in [-0.4, -0.2) is 11.8 Å². The Morgan fingerprint density at radius 1 is 0.917 bits per heavy atom. The first-order chi connectivity index (χ1) is 11.5. The van der Waals surface area contributed by atoms with Crippen molar-refractivity contribution in [3.8, 4) is 0 Å². The van der Waals surface area contributed by atoms with Crippen molar-refractivity contribution in [3.05, 3.63) is 59.1 Å². The molecule has 1 saturated carbocycles. The molecule has 0 spiro atoms. The fraction of sp³-hybridized carbons (Fsp3) is 0.176. The zero-order valence-corrected chi connectivity index (χ0v) is 13.1. The largest absolute Gasteiger partial charge is 0.326 e. The summed E-state index contributed by atoms with van der Waals surface area (Å²) in [5.74, 6) is -3.72. The van der Waals surface area contributed by atoms with E-state index in [2.05, 4.69) is 10.6 Å². The number of para-hydroxylation sites is 1. The van der Waals surface area contributed by atoms with Gasteiger partial charge in [0.2, 0.25) is 11.8 Å². The molecular formula is C17H13ClF2N2O2. The van der Waals surface area contributed by atoms with Gasteiger partial charge in [-0.15, -0.1) is 0 Å². The van der Waals surface area contributed by atoms with Crippen molar-refractivity contribution in [3.63, 3.8) is 0 Å². The van der Waals surface area contributed by atoms with Crippen molar-refractivity contribution >= 4 is 34.8 Å². The Balaban J connectivity index is 1.59. The zero-order valence-electron chi connectivity index (χ0n) is 12.4. The van der Waals surface area contributed by atoms with Crippen molar-refractivity contribution in [1.29, 1.82) is 0 Å². The highest BCUT2D eigenvalue weighted by atomic mass is 35.5. The van der Waals surface area contributed by atoms with Gasteiger partial charge in [-0.3, -0.25) is 9.59 Å². The van der Waals surface area contributed by atoms with Crippen LogP contribution in [-0.2, 0) is 9.59 Å². The van der Waals surface area contributed by atoms with Gasteiger partial charge in [-0.1, -0.05) is 17.7 Å². The molecule has 3 rings (SSSR count). The summed E-state index contributed by atoms with van der Waals surface area (Å²) in [7, 11) is 0. The molecule has 0 radical (unpaired) electrons. The molecule has 2 aromatic rings. The molecule has 1 fully saturated rings. The molecule has 1 aliphatic carbocycles. The zero-order chi connectivity index (χ0) is 17.3. The third-order valence-electron chi connectivity index (χ3n) is 3.79. The van der Waals surface area contributed by atoms with Crippen molar-refractivity contribution in [2.75, 3.05) is 10.6 Å². The highest BCUT2D eigenvalue weighted by molar-refractivity contribution is 6.30. The molecule has 4 nitrogen and oxygen atoms in total. The van der Waals surface area contributed by atoms with Crippen LogP contribution in [0.25, 0.3) is 0 Å². The molecule has 1 aliphatic rings. The minimum atomic E-state index is -0.855. The van der Waals surface area contributed by atoms with Crippen LogP contribution in [0.3, 0.4) is 0 Å². The van der Waals surface area contributed by atoms with E-state index in [0.29, 0.717) is 17.1 Å². The van der Waals surface area contributed by atoms with Crippen LogP contribution in [0.15, 0.2) is 42.5 Å². The number of carbonyl (C=O) groups excluding carboxylic acids is 2. The molecule has 0 saturated heterocycles. The van der Waals surface area contributed by atoms with E-state index in [1.807, 2.05) is 0 Å². The van der Waals surface area contributed by atoms with E-state index in [1.165, 1.54) is 6.07 Å². The molecule has 0 bridgehead atoms. The summed E-state index contributed by atoms with van der Waals surface area (Å²) in [6.07, 6.45) is 0.335. The van der Waals surface area contributed by atoms with E-state index in [-0.39, 0.29) is 5.91 Å². The Bertz CT molecular complexity index is 775. The van der Waals surface area contributed by atoms with Crippen LogP contribution >= 0.6 is 11.6 Å². The van der Waals surface area contributed by atoms with Crippen molar-refractivity contribution < 1.29 is 18.4 Å². The molecular weight excluding hydrogens is 338 g/mol. The molecule has 2 unspecified atom stereocenters. The topological polar surface area (TPSA) is 58.2 Å². The van der Waals surface area contributed by atoms with Crippen LogP contribution in [0.5, 0.6) is 0 Å². The highest BCUT2D eigenvalue weighted by Gasteiger charge is 2.48. The molecule has 7 heteroatoms. The van der Waals surface area contributed by atoms with Gasteiger partial charge in [-0.2, -0.15) is 0 Å². The van der Waals surface area contributed by atoms with Gasteiger partial charge >= 0.3 is 0 Å². The smallest absolute Gasteiger partial charge is 0.228 e. The lowest BCUT2D eigenvalue weighted by atomic mass is 10.2. The molecule has 2 amide bonds. The summed E-state index contributed by atoms with van der Waals surface area (Å²) in [5, 5.41) is 5.43. The Morgan fingerprint density at radius 2 is 1.46 bits per heavy atom. The van der Waals surface area contributed by atoms with Gasteiger partial charge in [-0.05, 0) is 42.8 Å². The second-order valence-corrected chi connectivity index (χ2v) is 5.97. The van der Waals surface area contributed by atoms with Crippen LogP contribution < -0.4 is 10.6 Å². The fourth-order valence-corrected chi connectivity index (χ4v) is 2.50. The number of hydrogen-bond donors (Lipinski definition) is 2. The van der Waals surface area contributed by atoms with Crippen LogP contribution in [0, 0.1) is 23.5 Å². The summed E-state index contributed by atoms with van der Waals surface area (Å²) in [6.45, 7) is 0. The van der Waals surface area contributed by atoms with E-state index in [0.717, 1.165) is 12.1 Å². The van der Waals surface area contributed by atoms with Crippen molar-refractivity contribution in [2.45, 2.75) is 6.42 Å². The van der Waals surface area contributed by atoms with Gasteiger partial charge in [-0.25, -0.2) is 8.78 Å². The maximum absolute atomic E-state index is 13.5. The first-order valence-electron chi connectivity index (χ1n) is 7.27. The fourth-order valence-electron chi connectivity index (χ4n) is 2.38. The third-order valence-corrected chi connectivity index (χ3v) is 4.04. The number of anilines is 2. The van der Waals surface area contributed by atoms with Gasteiger partial charge < -0.3 is 10.6 Å². The lowest BCUT2D eigenvalue weighted by Crippen LogP contribution is -2.21. The summed E-state index contributed by atoms with van der Waals surface area (Å²) in [4.78, 5) is 24.1. The molecule has 0 aromatic heterocycles. The van der Waals surface area contributed by atoms with Crippen molar-refractivity contribution in [1.82, 2.24) is 0 Å². The van der Waals surface area contributed by atoms with Crippen LogP contribution in [0.1, 0.15) is 6.42 Å². The number of rotatable bonds is 4. The van der Waals surface area contributed by atoms with Crippen LogP contribution in [0.2, 0.25) is 5.02 Å². The second-order valence-electron chi connectivity index (χ2n) is 5.53. The average Bonchev–Trinajstić information content (AvgIpc) is 3.34. The van der Waals surface area contributed by atoms with Crippen LogP contribution in [0.4, 0.5) is 20.2 Å². The number of halogens is 3. The Morgan fingerprint density at radius 3 is 2.04 bits per heavy atom. The molecule has 2 aromatic carbocycles. The second kappa shape index (κ2) is 6.57. The third kappa shape index (κ3) is 3.54. The first-order valence-corrected chi connectivity index (χ1v) is 7.65. The van der Waals surface area contributed by atoms with Gasteiger partial charge in [0, 0.05) is 10.7 Å². The molecule has 124 valence electrons. The summed E-state index contributed by atoms with van der Waals surface area (Å²) in [5.41, 5.74) is 0.0712. The molecule has 24 heavy (non-hydrogen) atoms. The maximum Gasteiger partial charge on any atom is 0.228 e. The van der Waals surface area contributed by atoms with Gasteiger partial charge in [0.15, 0.2) is 0 Å². The standard InChI is InChI=1S/C17H13ClF2N2O2/c18-9-4-6-10(7-5-9)21-16(23)11-8-12(11)17(24)22-15-13(19)2-1-3-14(15)20/h1-7,11-12H,8H2,(H,21,23)(H,22,24). The minimum Gasteiger partial charge on any atom is -0.326 e. The van der Waals surface area contributed by atoms with E-state index in [1.54, 1.807) is 24.3 Å². The summed E-state index contributed by atoms with van der Waals surface area (Å²) < 4.78 is 27.1. The summed E-state index contributed by atoms with van der Waals surface area (Å²) >= 11 is 5.76. The normalized spacial score (nSPS) is 18.8. The van der Waals surface area contributed by atoms with Gasteiger partial charge in [0.05, 0.1) is 11.8 Å². The quantitative estimate of drug-likeness (QED) is 0.880. The number of hydrogen-bond acceptors (Lipinski definition) is 2. The number of amides is 2. The molecule has 0 aliphatic heterocycles. The van der Waals surface area contributed by atoms with Crippen molar-refractivity contribution in [2.24, 2.45) is 11.8 Å². The Hall–Kier alpha value is -2.47. The lowest BCUT2D eigenvalue weighted by Gasteiger charge is -2.08. The van der Waals surface area contributed by atoms with E-state index in [9.17, 15) is 18.4 Å². The molecule has 2 N–H and O–H groups in total. The first kappa shape index (κ1) is 16.4. The van der Waals surface area contributed by atoms with E-state index in [4.69, 9.17) is 11.6 Å². The molecule has 2 atom stereocenters.